The number of hydrogen-bond donors (Lipinski definition) is 1. The first-order valence-electron chi connectivity index (χ1n) is 7.86. The first-order valence-corrected chi connectivity index (χ1v) is 7.86. The Kier molecular flexibility index (Phi) is 4.44. The molecule has 2 atom stereocenters. The molecule has 116 valence electrons. The predicted octanol–water partition coefficient (Wildman–Crippen LogP) is 4.56. The Balaban J connectivity index is 1.79. The van der Waals surface area contributed by atoms with Crippen molar-refractivity contribution < 1.29 is 9.13 Å². The summed E-state index contributed by atoms with van der Waals surface area (Å²) < 4.78 is 19.3. The number of nitrogens with one attached hydrogen (secondary N) is 1. The topological polar surface area (TPSA) is 21.3 Å². The fraction of sp³-hybridized carbons (Fsp3) is 0.368. The van der Waals surface area contributed by atoms with Gasteiger partial charge in [0.15, 0.2) is 0 Å². The van der Waals surface area contributed by atoms with Gasteiger partial charge in [-0.1, -0.05) is 30.3 Å². The molecule has 0 fully saturated rings. The molecule has 1 N–H and O–H groups in total. The van der Waals surface area contributed by atoms with E-state index in [4.69, 9.17) is 4.74 Å². The van der Waals surface area contributed by atoms with E-state index in [0.717, 1.165) is 12.8 Å². The Morgan fingerprint density at radius 3 is 2.82 bits per heavy atom. The van der Waals surface area contributed by atoms with Gasteiger partial charge in [-0.2, -0.15) is 0 Å². The summed E-state index contributed by atoms with van der Waals surface area (Å²) in [6.07, 6.45) is 3.41. The third kappa shape index (κ3) is 3.00. The van der Waals surface area contributed by atoms with Crippen LogP contribution in [0.1, 0.15) is 48.5 Å². The molecule has 0 saturated carbocycles. The van der Waals surface area contributed by atoms with E-state index < -0.39 is 0 Å². The zero-order chi connectivity index (χ0) is 15.5. The van der Waals surface area contributed by atoms with Crippen LogP contribution in [0.3, 0.4) is 0 Å². The van der Waals surface area contributed by atoms with Crippen LogP contribution in [0.4, 0.5) is 4.39 Å². The fourth-order valence-electron chi connectivity index (χ4n) is 3.30. The predicted molar refractivity (Wildman–Crippen MR) is 86.6 cm³/mol. The smallest absolute Gasteiger partial charge is 0.131 e. The minimum absolute atomic E-state index is 0.0398. The minimum atomic E-state index is -0.219. The molecule has 0 radical (unpaired) electrons. The van der Waals surface area contributed by atoms with Gasteiger partial charge in [0, 0.05) is 23.7 Å². The number of halogens is 1. The number of ether oxygens (including phenoxy) is 1. The third-order valence-corrected chi connectivity index (χ3v) is 4.49. The van der Waals surface area contributed by atoms with Crippen LogP contribution in [0.15, 0.2) is 42.5 Å². The van der Waals surface area contributed by atoms with Crippen LogP contribution in [0.25, 0.3) is 0 Å². The Labute approximate surface area is 131 Å². The van der Waals surface area contributed by atoms with Crippen LogP contribution in [-0.4, -0.2) is 7.11 Å². The highest BCUT2D eigenvalue weighted by Crippen LogP contribution is 2.32. The minimum Gasteiger partial charge on any atom is -0.497 e. The van der Waals surface area contributed by atoms with Gasteiger partial charge in [0.25, 0.3) is 0 Å². The van der Waals surface area contributed by atoms with E-state index in [1.807, 2.05) is 13.0 Å². The number of fused-ring (bicyclic) bond motifs is 1. The monoisotopic (exact) mass is 299 g/mol. The molecular formula is C19H22FNO. The summed E-state index contributed by atoms with van der Waals surface area (Å²) in [5.74, 6) is 0.333. The average molecular weight is 299 g/mol. The van der Waals surface area contributed by atoms with E-state index in [1.54, 1.807) is 13.2 Å². The van der Waals surface area contributed by atoms with E-state index >= 15 is 0 Å². The Morgan fingerprint density at radius 2 is 2.05 bits per heavy atom. The first kappa shape index (κ1) is 15.0. The zero-order valence-electron chi connectivity index (χ0n) is 13.1. The molecule has 0 bridgehead atoms. The molecule has 2 aromatic rings. The summed E-state index contributed by atoms with van der Waals surface area (Å²) in [6.45, 7) is 2.02. The second-order valence-electron chi connectivity index (χ2n) is 5.92. The summed E-state index contributed by atoms with van der Waals surface area (Å²) in [7, 11) is 1.55. The van der Waals surface area contributed by atoms with Gasteiger partial charge in [0.1, 0.15) is 11.6 Å². The van der Waals surface area contributed by atoms with Gasteiger partial charge in [-0.3, -0.25) is 0 Å². The molecule has 2 unspecified atom stereocenters. The Morgan fingerprint density at radius 1 is 1.23 bits per heavy atom. The van der Waals surface area contributed by atoms with Crippen LogP contribution in [0.5, 0.6) is 5.75 Å². The van der Waals surface area contributed by atoms with Gasteiger partial charge in [0.2, 0.25) is 0 Å². The molecule has 0 heterocycles. The van der Waals surface area contributed by atoms with Crippen molar-refractivity contribution in [3.8, 4) is 5.75 Å². The molecule has 3 rings (SSSR count). The molecule has 0 spiro atoms. The molecule has 2 aromatic carbocycles. The highest BCUT2D eigenvalue weighted by molar-refractivity contribution is 5.34. The van der Waals surface area contributed by atoms with Crippen molar-refractivity contribution in [2.24, 2.45) is 0 Å². The van der Waals surface area contributed by atoms with Crippen molar-refractivity contribution in [3.05, 3.63) is 65.0 Å². The molecule has 0 amide bonds. The lowest BCUT2D eigenvalue weighted by molar-refractivity contribution is 0.398. The van der Waals surface area contributed by atoms with Crippen LogP contribution >= 0.6 is 0 Å². The summed E-state index contributed by atoms with van der Waals surface area (Å²) >= 11 is 0. The van der Waals surface area contributed by atoms with Gasteiger partial charge < -0.3 is 10.1 Å². The summed E-state index contributed by atoms with van der Waals surface area (Å²) in [5.41, 5.74) is 3.45. The highest BCUT2D eigenvalue weighted by atomic mass is 19.1. The highest BCUT2D eigenvalue weighted by Gasteiger charge is 2.22. The van der Waals surface area contributed by atoms with Gasteiger partial charge in [-0.15, -0.1) is 0 Å². The average Bonchev–Trinajstić information content (AvgIpc) is 2.55. The van der Waals surface area contributed by atoms with E-state index in [1.165, 1.54) is 23.6 Å². The van der Waals surface area contributed by atoms with Crippen molar-refractivity contribution in [2.75, 3.05) is 7.11 Å². The molecule has 1 aliphatic carbocycles. The van der Waals surface area contributed by atoms with Gasteiger partial charge >= 0.3 is 0 Å². The SMILES string of the molecule is COc1ccc(C(C)NC2CCCc3ccccc32)c(F)c1. The molecule has 0 aliphatic heterocycles. The number of methoxy groups -OCH3 is 1. The normalized spacial score (nSPS) is 18.6. The van der Waals surface area contributed by atoms with Gasteiger partial charge in [-0.05, 0) is 43.4 Å². The second kappa shape index (κ2) is 6.49. The third-order valence-electron chi connectivity index (χ3n) is 4.49. The second-order valence-corrected chi connectivity index (χ2v) is 5.92. The Bertz CT molecular complexity index is 656. The number of hydrogen-bond acceptors (Lipinski definition) is 2. The number of benzene rings is 2. The maximum absolute atomic E-state index is 14.2. The van der Waals surface area contributed by atoms with Crippen LogP contribution in [0, 0.1) is 5.82 Å². The lowest BCUT2D eigenvalue weighted by Crippen LogP contribution is -2.28. The molecule has 22 heavy (non-hydrogen) atoms. The van der Waals surface area contributed by atoms with Crippen LogP contribution in [-0.2, 0) is 6.42 Å². The summed E-state index contributed by atoms with van der Waals surface area (Å²) in [5, 5.41) is 3.59. The quantitative estimate of drug-likeness (QED) is 0.893. The van der Waals surface area contributed by atoms with E-state index in [9.17, 15) is 4.39 Å². The lowest BCUT2D eigenvalue weighted by atomic mass is 9.87. The van der Waals surface area contributed by atoms with Gasteiger partial charge in [0.05, 0.1) is 7.11 Å². The van der Waals surface area contributed by atoms with Crippen LogP contribution in [0.2, 0.25) is 0 Å². The molecule has 2 nitrogen and oxygen atoms in total. The molecule has 0 aromatic heterocycles. The summed E-state index contributed by atoms with van der Waals surface area (Å²) in [6, 6.07) is 13.9. The maximum Gasteiger partial charge on any atom is 0.131 e. The van der Waals surface area contributed by atoms with Crippen molar-refractivity contribution in [1.82, 2.24) is 5.32 Å². The molecule has 0 saturated heterocycles. The maximum atomic E-state index is 14.2. The Hall–Kier alpha value is -1.87. The first-order chi connectivity index (χ1) is 10.7. The summed E-state index contributed by atoms with van der Waals surface area (Å²) in [4.78, 5) is 0. The van der Waals surface area contributed by atoms with Crippen molar-refractivity contribution in [1.29, 1.82) is 0 Å². The van der Waals surface area contributed by atoms with E-state index in [2.05, 4.69) is 29.6 Å². The van der Waals surface area contributed by atoms with Crippen molar-refractivity contribution >= 4 is 0 Å². The largest absolute Gasteiger partial charge is 0.497 e. The lowest BCUT2D eigenvalue weighted by Gasteiger charge is -2.29. The zero-order valence-corrected chi connectivity index (χ0v) is 13.1. The van der Waals surface area contributed by atoms with E-state index in [0.29, 0.717) is 17.4 Å². The number of rotatable bonds is 4. The molecule has 3 heteroatoms. The molecular weight excluding hydrogens is 277 g/mol. The van der Waals surface area contributed by atoms with Crippen molar-refractivity contribution in [3.63, 3.8) is 0 Å². The van der Waals surface area contributed by atoms with Crippen molar-refractivity contribution in [2.45, 2.75) is 38.3 Å². The standard InChI is InChI=1S/C19H22FNO/c1-13(16-11-10-15(22-2)12-18(16)20)21-19-9-5-7-14-6-3-4-8-17(14)19/h3-4,6,8,10-13,19,21H,5,7,9H2,1-2H3. The fourth-order valence-corrected chi connectivity index (χ4v) is 3.30. The van der Waals surface area contributed by atoms with E-state index in [-0.39, 0.29) is 11.9 Å². The van der Waals surface area contributed by atoms with Crippen LogP contribution < -0.4 is 10.1 Å². The molecule has 1 aliphatic rings. The van der Waals surface area contributed by atoms with Gasteiger partial charge in [-0.25, -0.2) is 4.39 Å². The number of aryl methyl sites for hydroxylation is 1.